The minimum atomic E-state index is -1.45. The fourth-order valence-electron chi connectivity index (χ4n) is 10.1. The van der Waals surface area contributed by atoms with Crippen LogP contribution in [0.15, 0.2) is 137 Å². The maximum atomic E-state index is 15.4. The number of aromatic nitrogens is 1. The first kappa shape index (κ1) is 36.3. The molecule has 0 unspecified atom stereocenters. The second-order valence-electron chi connectivity index (χ2n) is 15.8. The fourth-order valence-corrected chi connectivity index (χ4v) is 10.1. The van der Waals surface area contributed by atoms with Crippen LogP contribution in [0.3, 0.4) is 0 Å². The summed E-state index contributed by atoms with van der Waals surface area (Å²) in [6, 6.07) is 36.4. The van der Waals surface area contributed by atoms with Gasteiger partial charge in [0.25, 0.3) is 11.8 Å². The molecular formula is C48H40N4O7. The van der Waals surface area contributed by atoms with Gasteiger partial charge in [0, 0.05) is 11.5 Å². The van der Waals surface area contributed by atoms with Crippen LogP contribution in [-0.2, 0) is 24.6 Å². The monoisotopic (exact) mass is 784 g/mol. The standard InChI is InChI=1S/C48H40N4O7/c1-3-58-40-25-29(17-24-38(40)53)42-33-22-23-34-41(46(56)51(44(34)54)32-20-15-28(16-21-32)43-49-37-11-7-8-12-39(37)59-43)35(33)26-36-45(55)52(50-31-18-13-27(2)14-19-31)47(57)48(36,42)30-9-5-4-6-10-30/h4-22,24-25,34-36,41-42,50,53H,3,23,26H2,1-2H3/t34-,35+,36-,41-,42-,48+/m0/s1. The van der Waals surface area contributed by atoms with E-state index in [1.54, 1.807) is 42.5 Å². The van der Waals surface area contributed by atoms with E-state index in [0.717, 1.165) is 21.7 Å². The number of aryl methyl sites for hydroxylation is 1. The third-order valence-corrected chi connectivity index (χ3v) is 12.7. The molecule has 0 spiro atoms. The minimum absolute atomic E-state index is 0.0585. The molecule has 0 radical (unpaired) electrons. The zero-order valence-electron chi connectivity index (χ0n) is 32.4. The highest BCUT2D eigenvalue weighted by atomic mass is 16.5. The highest BCUT2D eigenvalue weighted by Gasteiger charge is 2.70. The molecule has 10 rings (SSSR count). The van der Waals surface area contributed by atoms with Gasteiger partial charge in [0.05, 0.1) is 41.2 Å². The van der Waals surface area contributed by atoms with Gasteiger partial charge in [-0.3, -0.25) is 29.5 Å². The van der Waals surface area contributed by atoms with Crippen molar-refractivity contribution in [3.8, 4) is 23.0 Å². The van der Waals surface area contributed by atoms with Gasteiger partial charge < -0.3 is 14.3 Å². The van der Waals surface area contributed by atoms with Crippen molar-refractivity contribution in [3.05, 3.63) is 150 Å². The van der Waals surface area contributed by atoms with Crippen molar-refractivity contribution in [1.82, 2.24) is 9.99 Å². The Morgan fingerprint density at radius 3 is 2.34 bits per heavy atom. The summed E-state index contributed by atoms with van der Waals surface area (Å²) >= 11 is 0. The molecule has 1 saturated carbocycles. The van der Waals surface area contributed by atoms with Crippen LogP contribution in [0.2, 0.25) is 0 Å². The molecule has 3 fully saturated rings. The van der Waals surface area contributed by atoms with Crippen molar-refractivity contribution >= 4 is 46.1 Å². The van der Waals surface area contributed by atoms with Gasteiger partial charge in [0.2, 0.25) is 17.7 Å². The maximum absolute atomic E-state index is 15.4. The predicted octanol–water partition coefficient (Wildman–Crippen LogP) is 8.10. The number of ether oxygens (including phenoxy) is 1. The molecule has 2 saturated heterocycles. The third-order valence-electron chi connectivity index (χ3n) is 12.7. The summed E-state index contributed by atoms with van der Waals surface area (Å²) in [7, 11) is 0. The summed E-state index contributed by atoms with van der Waals surface area (Å²) in [5, 5.41) is 12.0. The van der Waals surface area contributed by atoms with Crippen LogP contribution in [0.25, 0.3) is 22.6 Å². The number of phenols is 1. The number of allylic oxidation sites excluding steroid dienone is 2. The Morgan fingerprint density at radius 2 is 1.59 bits per heavy atom. The Hall–Kier alpha value is -7.01. The van der Waals surface area contributed by atoms with Gasteiger partial charge in [-0.2, -0.15) is 5.01 Å². The average Bonchev–Trinajstić information content (AvgIpc) is 3.87. The van der Waals surface area contributed by atoms with E-state index < -0.39 is 46.8 Å². The number of imide groups is 2. The molecule has 1 aromatic heterocycles. The number of nitrogens with zero attached hydrogens (tertiary/aromatic N) is 3. The maximum Gasteiger partial charge on any atom is 0.260 e. The van der Waals surface area contributed by atoms with Crippen LogP contribution in [0.1, 0.15) is 42.4 Å². The van der Waals surface area contributed by atoms with E-state index in [9.17, 15) is 19.5 Å². The van der Waals surface area contributed by atoms with E-state index in [2.05, 4.69) is 10.4 Å². The summed E-state index contributed by atoms with van der Waals surface area (Å²) < 4.78 is 11.8. The first-order valence-electron chi connectivity index (χ1n) is 20.0. The van der Waals surface area contributed by atoms with Crippen LogP contribution >= 0.6 is 0 Å². The molecule has 3 heterocycles. The molecule has 4 amide bonds. The topological polar surface area (TPSA) is 142 Å². The minimum Gasteiger partial charge on any atom is -0.504 e. The normalized spacial score (nSPS) is 24.8. The first-order valence-corrected chi connectivity index (χ1v) is 20.0. The highest BCUT2D eigenvalue weighted by molar-refractivity contribution is 6.22. The summed E-state index contributed by atoms with van der Waals surface area (Å²) in [6.45, 7) is 4.07. The van der Waals surface area contributed by atoms with E-state index in [-0.39, 0.29) is 42.8 Å². The second kappa shape index (κ2) is 13.8. The van der Waals surface area contributed by atoms with Crippen molar-refractivity contribution in [2.45, 2.75) is 38.0 Å². The summed E-state index contributed by atoms with van der Waals surface area (Å²) in [6.07, 6.45) is 2.45. The Bertz CT molecular complexity index is 2670. The highest BCUT2D eigenvalue weighted by Crippen LogP contribution is 2.64. The SMILES string of the molecule is CCOc1cc([C@H]2C3=CC[C@@H]4C(=O)N(c5ccc(-c6nc7ccccc7o6)cc5)C(=O)[C@@H]4[C@@H]3C[C@H]3C(=O)N(Nc4ccc(C)cc4)C(=O)[C@@]23c2ccccc2)ccc1O. The van der Waals surface area contributed by atoms with Gasteiger partial charge in [-0.05, 0) is 104 Å². The number of phenolic OH excluding ortho intramolecular Hbond substituents is 1. The van der Waals surface area contributed by atoms with Gasteiger partial charge in [-0.15, -0.1) is 0 Å². The van der Waals surface area contributed by atoms with Gasteiger partial charge >= 0.3 is 0 Å². The number of amides is 4. The lowest BCUT2D eigenvalue weighted by Crippen LogP contribution is -2.53. The van der Waals surface area contributed by atoms with Crippen LogP contribution in [0.4, 0.5) is 11.4 Å². The molecule has 59 heavy (non-hydrogen) atoms. The predicted molar refractivity (Wildman–Crippen MR) is 220 cm³/mol. The van der Waals surface area contributed by atoms with Crippen LogP contribution in [0.5, 0.6) is 11.5 Å². The molecule has 2 N–H and O–H groups in total. The number of anilines is 2. The lowest BCUT2D eigenvalue weighted by Gasteiger charge is -2.50. The summed E-state index contributed by atoms with van der Waals surface area (Å²) in [4.78, 5) is 65.5. The van der Waals surface area contributed by atoms with Crippen LogP contribution in [0, 0.1) is 30.6 Å². The van der Waals surface area contributed by atoms with E-state index in [1.807, 2.05) is 98.8 Å². The van der Waals surface area contributed by atoms with Gasteiger partial charge in [-0.1, -0.05) is 77.9 Å². The quantitative estimate of drug-likeness (QED) is 0.116. The Balaban J connectivity index is 1.08. The summed E-state index contributed by atoms with van der Waals surface area (Å²) in [5.74, 6) is -4.55. The van der Waals surface area contributed by atoms with Crippen molar-refractivity contribution in [1.29, 1.82) is 0 Å². The third kappa shape index (κ3) is 5.51. The van der Waals surface area contributed by atoms with E-state index in [0.29, 0.717) is 39.5 Å². The summed E-state index contributed by atoms with van der Waals surface area (Å²) in [5.41, 5.74) is 7.92. The molecule has 2 aliphatic heterocycles. The zero-order chi connectivity index (χ0) is 40.6. The number of carbonyl (C=O) groups is 4. The van der Waals surface area contributed by atoms with E-state index >= 15 is 4.79 Å². The molecule has 11 nitrogen and oxygen atoms in total. The van der Waals surface area contributed by atoms with Crippen molar-refractivity contribution in [2.75, 3.05) is 16.9 Å². The van der Waals surface area contributed by atoms with Crippen LogP contribution < -0.4 is 15.1 Å². The van der Waals surface area contributed by atoms with E-state index in [4.69, 9.17) is 9.15 Å². The average molecular weight is 785 g/mol. The zero-order valence-corrected chi connectivity index (χ0v) is 32.4. The molecule has 6 atom stereocenters. The van der Waals surface area contributed by atoms with Gasteiger partial charge in [-0.25, -0.2) is 4.98 Å². The molecule has 5 aromatic carbocycles. The number of hydrogen-bond acceptors (Lipinski definition) is 9. The molecule has 2 aliphatic carbocycles. The van der Waals surface area contributed by atoms with Crippen molar-refractivity contribution in [2.24, 2.45) is 23.7 Å². The lowest BCUT2D eigenvalue weighted by molar-refractivity contribution is -0.138. The van der Waals surface area contributed by atoms with E-state index in [1.165, 1.54) is 4.90 Å². The molecule has 4 aliphatic rings. The Kier molecular flexibility index (Phi) is 8.52. The Labute approximate surface area is 339 Å². The molecule has 6 aromatic rings. The number of fused-ring (bicyclic) bond motifs is 5. The number of hydrogen-bond donors (Lipinski definition) is 2. The van der Waals surface area contributed by atoms with Crippen molar-refractivity contribution in [3.63, 3.8) is 0 Å². The van der Waals surface area contributed by atoms with Gasteiger partial charge in [0.15, 0.2) is 17.1 Å². The number of aromatic hydroxyl groups is 1. The number of carbonyl (C=O) groups excluding carboxylic acids is 4. The van der Waals surface area contributed by atoms with Crippen LogP contribution in [-0.4, -0.2) is 45.3 Å². The molecule has 11 heteroatoms. The Morgan fingerprint density at radius 1 is 0.847 bits per heavy atom. The largest absolute Gasteiger partial charge is 0.504 e. The molecular weight excluding hydrogens is 745 g/mol. The second-order valence-corrected chi connectivity index (χ2v) is 15.8. The smallest absolute Gasteiger partial charge is 0.260 e. The fraction of sp³-hybridized carbons (Fsp3) is 0.229. The number of hydrazine groups is 1. The molecule has 0 bridgehead atoms. The lowest BCUT2D eigenvalue weighted by atomic mass is 9.49. The number of oxazole rings is 1. The first-order chi connectivity index (χ1) is 28.7. The van der Waals surface area contributed by atoms with Crippen molar-refractivity contribution < 1.29 is 33.4 Å². The molecule has 294 valence electrons. The number of rotatable bonds is 8. The van der Waals surface area contributed by atoms with Gasteiger partial charge in [0.1, 0.15) is 5.52 Å². The number of para-hydroxylation sites is 2. The number of benzene rings is 5. The number of nitrogens with one attached hydrogen (secondary N) is 1.